The van der Waals surface area contributed by atoms with Gasteiger partial charge in [-0.3, -0.25) is 0 Å². The topological polar surface area (TPSA) is 81.4 Å². The largest absolute Gasteiger partial charge is 0.397 e. The molecule has 1 aromatic rings. The van der Waals surface area contributed by atoms with Crippen LogP contribution in [0.4, 0.5) is 5.69 Å². The van der Waals surface area contributed by atoms with Gasteiger partial charge in [0.25, 0.3) is 0 Å². The Bertz CT molecular complexity index is 556. The maximum atomic E-state index is 12.1. The zero-order valence-corrected chi connectivity index (χ0v) is 12.2. The van der Waals surface area contributed by atoms with Gasteiger partial charge in [0.15, 0.2) is 0 Å². The first-order valence-electron chi connectivity index (χ1n) is 6.11. The molecule has 1 fully saturated rings. The molecule has 0 unspecified atom stereocenters. The van der Waals surface area contributed by atoms with Crippen LogP contribution < -0.4 is 10.5 Å². The Morgan fingerprint density at radius 2 is 2.16 bits per heavy atom. The zero-order chi connectivity index (χ0) is 14.0. The number of nitrogens with one attached hydrogen (secondary N) is 1. The molecule has 1 aliphatic carbocycles. The van der Waals surface area contributed by atoms with Gasteiger partial charge in [-0.2, -0.15) is 0 Å². The Morgan fingerprint density at radius 3 is 2.74 bits per heavy atom. The molecule has 0 spiro atoms. The van der Waals surface area contributed by atoms with Crippen molar-refractivity contribution < 1.29 is 13.2 Å². The number of rotatable bonds is 5. The van der Waals surface area contributed by atoms with Crippen molar-refractivity contribution in [3.05, 3.63) is 23.2 Å². The number of sulfonamides is 1. The van der Waals surface area contributed by atoms with Gasteiger partial charge in [-0.1, -0.05) is 11.6 Å². The highest BCUT2D eigenvalue weighted by Gasteiger charge is 2.33. The van der Waals surface area contributed by atoms with Gasteiger partial charge in [0, 0.05) is 12.6 Å². The average molecular weight is 305 g/mol. The van der Waals surface area contributed by atoms with E-state index in [1.807, 2.05) is 6.92 Å². The molecule has 1 aliphatic rings. The van der Waals surface area contributed by atoms with Crippen LogP contribution in [-0.4, -0.2) is 27.2 Å². The Morgan fingerprint density at radius 1 is 1.47 bits per heavy atom. The Kier molecular flexibility index (Phi) is 4.35. The fraction of sp³-hybridized carbons (Fsp3) is 0.500. The number of hydrogen-bond acceptors (Lipinski definition) is 4. The number of nitrogens with two attached hydrogens (primary N) is 1. The summed E-state index contributed by atoms with van der Waals surface area (Å²) in [4.78, 5) is 0.134. The summed E-state index contributed by atoms with van der Waals surface area (Å²) >= 11 is 5.77. The van der Waals surface area contributed by atoms with Gasteiger partial charge in [0.1, 0.15) is 0 Å². The molecule has 106 valence electrons. The molecule has 0 amide bonds. The fourth-order valence-corrected chi connectivity index (χ4v) is 3.42. The molecule has 5 nitrogen and oxygen atoms in total. The second-order valence-corrected chi connectivity index (χ2v) is 6.67. The van der Waals surface area contributed by atoms with E-state index >= 15 is 0 Å². The lowest BCUT2D eigenvalue weighted by Gasteiger charge is -2.35. The van der Waals surface area contributed by atoms with Crippen molar-refractivity contribution in [2.45, 2.75) is 36.8 Å². The summed E-state index contributed by atoms with van der Waals surface area (Å²) in [5.41, 5.74) is 5.87. The zero-order valence-electron chi connectivity index (χ0n) is 10.6. The van der Waals surface area contributed by atoms with E-state index in [0.29, 0.717) is 24.5 Å². The molecule has 0 heterocycles. The maximum Gasteiger partial charge on any atom is 0.240 e. The second-order valence-electron chi connectivity index (χ2n) is 4.55. The third kappa shape index (κ3) is 3.39. The van der Waals surface area contributed by atoms with Crippen molar-refractivity contribution in [1.82, 2.24) is 4.72 Å². The minimum Gasteiger partial charge on any atom is -0.397 e. The average Bonchev–Trinajstić information content (AvgIpc) is 2.30. The Hall–Kier alpha value is -0.820. The summed E-state index contributed by atoms with van der Waals surface area (Å²) in [6.07, 6.45) is 1.57. The third-order valence-electron chi connectivity index (χ3n) is 3.10. The summed E-state index contributed by atoms with van der Waals surface area (Å²) < 4.78 is 32.3. The van der Waals surface area contributed by atoms with Gasteiger partial charge in [-0.05, 0) is 38.0 Å². The molecule has 0 atom stereocenters. The van der Waals surface area contributed by atoms with Crippen LogP contribution in [0.15, 0.2) is 23.1 Å². The van der Waals surface area contributed by atoms with Crippen molar-refractivity contribution in [3.63, 3.8) is 0 Å². The molecular weight excluding hydrogens is 288 g/mol. The molecule has 0 aromatic heterocycles. The van der Waals surface area contributed by atoms with Crippen molar-refractivity contribution >= 4 is 27.3 Å². The molecule has 19 heavy (non-hydrogen) atoms. The summed E-state index contributed by atoms with van der Waals surface area (Å²) in [7, 11) is -3.54. The van der Waals surface area contributed by atoms with Gasteiger partial charge in [0.05, 0.1) is 21.7 Å². The monoisotopic (exact) mass is 304 g/mol. The van der Waals surface area contributed by atoms with Crippen LogP contribution in [0.3, 0.4) is 0 Å². The summed E-state index contributed by atoms with van der Waals surface area (Å²) in [6.45, 7) is 2.58. The van der Waals surface area contributed by atoms with Crippen LogP contribution in [0, 0.1) is 0 Å². The SMILES string of the molecule is CCOC1CC(NS(=O)(=O)c2ccc(Cl)c(N)c2)C1. The van der Waals surface area contributed by atoms with Crippen LogP contribution in [0.5, 0.6) is 0 Å². The molecule has 0 bridgehead atoms. The second kappa shape index (κ2) is 5.66. The number of anilines is 1. The van der Waals surface area contributed by atoms with E-state index < -0.39 is 10.0 Å². The predicted octanol–water partition coefficient (Wildman–Crippen LogP) is 1.77. The van der Waals surface area contributed by atoms with Crippen molar-refractivity contribution in [2.75, 3.05) is 12.3 Å². The van der Waals surface area contributed by atoms with E-state index in [1.54, 1.807) is 0 Å². The lowest BCUT2D eigenvalue weighted by atomic mass is 9.90. The number of nitrogen functional groups attached to an aromatic ring is 1. The molecule has 0 radical (unpaired) electrons. The standard InChI is InChI=1S/C12H17ClN2O3S/c1-2-18-9-5-8(6-9)15-19(16,17)10-3-4-11(13)12(14)7-10/h3-4,7-9,15H,2,5-6,14H2,1H3. The number of halogens is 1. The Balaban J connectivity index is 2.01. The highest BCUT2D eigenvalue weighted by atomic mass is 35.5. The lowest BCUT2D eigenvalue weighted by molar-refractivity contribution is -0.00475. The summed E-state index contributed by atoms with van der Waals surface area (Å²) in [5, 5.41) is 0.346. The maximum absolute atomic E-state index is 12.1. The quantitative estimate of drug-likeness (QED) is 0.812. The molecule has 0 aliphatic heterocycles. The molecule has 1 saturated carbocycles. The normalized spacial score (nSPS) is 23.1. The highest BCUT2D eigenvalue weighted by Crippen LogP contribution is 2.26. The van der Waals surface area contributed by atoms with E-state index in [0.717, 1.165) is 0 Å². The van der Waals surface area contributed by atoms with E-state index in [1.165, 1.54) is 18.2 Å². The molecular formula is C12H17ClN2O3S. The summed E-state index contributed by atoms with van der Waals surface area (Å²) in [6, 6.07) is 4.22. The van der Waals surface area contributed by atoms with Crippen molar-refractivity contribution in [2.24, 2.45) is 0 Å². The van der Waals surface area contributed by atoms with E-state index in [2.05, 4.69) is 4.72 Å². The first-order chi connectivity index (χ1) is 8.92. The van der Waals surface area contributed by atoms with Gasteiger partial charge >= 0.3 is 0 Å². The van der Waals surface area contributed by atoms with Crippen LogP contribution in [-0.2, 0) is 14.8 Å². The van der Waals surface area contributed by atoms with Crippen LogP contribution >= 0.6 is 11.6 Å². The molecule has 3 N–H and O–H groups in total. The summed E-state index contributed by atoms with van der Waals surface area (Å²) in [5.74, 6) is 0. The van der Waals surface area contributed by atoms with Crippen LogP contribution in [0.1, 0.15) is 19.8 Å². The number of hydrogen-bond donors (Lipinski definition) is 2. The van der Waals surface area contributed by atoms with E-state index in [9.17, 15) is 8.42 Å². The number of benzene rings is 1. The minimum atomic E-state index is -3.54. The highest BCUT2D eigenvalue weighted by molar-refractivity contribution is 7.89. The predicted molar refractivity (Wildman–Crippen MR) is 74.6 cm³/mol. The lowest BCUT2D eigenvalue weighted by Crippen LogP contribution is -2.47. The minimum absolute atomic E-state index is 0.0709. The van der Waals surface area contributed by atoms with Crippen LogP contribution in [0.2, 0.25) is 5.02 Å². The van der Waals surface area contributed by atoms with Gasteiger partial charge in [-0.25, -0.2) is 13.1 Å². The first kappa shape index (κ1) is 14.6. The first-order valence-corrected chi connectivity index (χ1v) is 7.97. The van der Waals surface area contributed by atoms with Crippen molar-refractivity contribution in [3.8, 4) is 0 Å². The molecule has 0 saturated heterocycles. The molecule has 2 rings (SSSR count). The van der Waals surface area contributed by atoms with Gasteiger partial charge < -0.3 is 10.5 Å². The fourth-order valence-electron chi connectivity index (χ4n) is 2.01. The van der Waals surface area contributed by atoms with Gasteiger partial charge in [-0.15, -0.1) is 0 Å². The Labute approximate surface area is 118 Å². The van der Waals surface area contributed by atoms with E-state index in [4.69, 9.17) is 22.1 Å². The molecule has 7 heteroatoms. The van der Waals surface area contributed by atoms with Crippen molar-refractivity contribution in [1.29, 1.82) is 0 Å². The van der Waals surface area contributed by atoms with Gasteiger partial charge in [0.2, 0.25) is 10.0 Å². The van der Waals surface area contributed by atoms with Crippen LogP contribution in [0.25, 0.3) is 0 Å². The van der Waals surface area contributed by atoms with E-state index in [-0.39, 0.29) is 22.7 Å². The smallest absolute Gasteiger partial charge is 0.240 e. The molecule has 1 aromatic carbocycles. The number of ether oxygens (including phenoxy) is 1. The third-order valence-corrected chi connectivity index (χ3v) is 4.96.